The van der Waals surface area contributed by atoms with Gasteiger partial charge >= 0.3 is 0 Å². The number of rotatable bonds is 6. The smallest absolute Gasteiger partial charge is 0.143 e. The zero-order valence-corrected chi connectivity index (χ0v) is 22.0. The van der Waals surface area contributed by atoms with E-state index in [0.29, 0.717) is 23.4 Å². The molecule has 4 rings (SSSR count). The van der Waals surface area contributed by atoms with Crippen LogP contribution >= 0.6 is 0 Å². The lowest BCUT2D eigenvalue weighted by Crippen LogP contribution is -2.51. The Labute approximate surface area is 198 Å². The fourth-order valence-electron chi connectivity index (χ4n) is 8.64. The summed E-state index contributed by atoms with van der Waals surface area (Å²) in [7, 11) is 0. The van der Waals surface area contributed by atoms with E-state index >= 15 is 0 Å². The largest absolute Gasteiger partial charge is 0.390 e. The SMILES string of the molecule is CCC[C@@H](C)C1CCC2C3CC[C@H]4C[C@](O)(CC)CCC4(C)C3=CCC21C.CCOCO. The van der Waals surface area contributed by atoms with Gasteiger partial charge in [-0.3, -0.25) is 0 Å². The second-order valence-corrected chi connectivity index (χ2v) is 12.1. The van der Waals surface area contributed by atoms with Crippen molar-refractivity contribution in [3.8, 4) is 0 Å². The molecule has 0 aromatic heterocycles. The lowest BCUT2D eigenvalue weighted by molar-refractivity contribution is -0.0770. The molecular weight excluding hydrogens is 396 g/mol. The molecule has 0 saturated heterocycles. The van der Waals surface area contributed by atoms with E-state index in [4.69, 9.17) is 5.11 Å². The quantitative estimate of drug-likeness (QED) is 0.336. The van der Waals surface area contributed by atoms with Gasteiger partial charge in [0, 0.05) is 6.61 Å². The predicted octanol–water partition coefficient (Wildman–Crippen LogP) is 7.12. The van der Waals surface area contributed by atoms with Gasteiger partial charge < -0.3 is 14.9 Å². The molecule has 0 amide bonds. The van der Waals surface area contributed by atoms with Crippen molar-refractivity contribution >= 4 is 0 Å². The Morgan fingerprint density at radius 3 is 2.44 bits per heavy atom. The molecule has 3 nitrogen and oxygen atoms in total. The maximum Gasteiger partial charge on any atom is 0.143 e. The van der Waals surface area contributed by atoms with E-state index in [-0.39, 0.29) is 12.4 Å². The van der Waals surface area contributed by atoms with Crippen molar-refractivity contribution < 1.29 is 14.9 Å². The second-order valence-electron chi connectivity index (χ2n) is 12.1. The third-order valence-corrected chi connectivity index (χ3v) is 10.6. The van der Waals surface area contributed by atoms with Crippen LogP contribution in [-0.4, -0.2) is 29.2 Å². The summed E-state index contributed by atoms with van der Waals surface area (Å²) < 4.78 is 4.39. The standard InChI is InChI=1S/C26H44O.C3H8O2/c1-6-8-18(3)21-11-12-22-20-10-9-19-17-26(27,7-2)16-15-24(19,4)23(20)13-14-25(21,22)5;1-2-5-3-4/h13,18-22,27H,6-12,14-17H2,1-5H3;4H,2-3H2,1H3/t18-,19+,20?,21?,22?,24?,25?,26+;/m1./s1. The van der Waals surface area contributed by atoms with Crippen molar-refractivity contribution in [2.75, 3.05) is 13.4 Å². The van der Waals surface area contributed by atoms with Gasteiger partial charge in [-0.05, 0) is 105 Å². The van der Waals surface area contributed by atoms with Gasteiger partial charge in [-0.15, -0.1) is 0 Å². The first kappa shape index (κ1) is 26.2. The van der Waals surface area contributed by atoms with Crippen LogP contribution in [0.4, 0.5) is 0 Å². The highest BCUT2D eigenvalue weighted by atomic mass is 16.6. The average molecular weight is 449 g/mol. The first-order chi connectivity index (χ1) is 15.2. The Kier molecular flexibility index (Phi) is 8.59. The zero-order valence-electron chi connectivity index (χ0n) is 22.0. The van der Waals surface area contributed by atoms with E-state index in [2.05, 4.69) is 45.4 Å². The third kappa shape index (κ3) is 4.73. The van der Waals surface area contributed by atoms with Crippen LogP contribution in [-0.2, 0) is 4.74 Å². The molecule has 8 atom stereocenters. The van der Waals surface area contributed by atoms with Crippen LogP contribution in [0.5, 0.6) is 0 Å². The molecule has 0 bridgehead atoms. The van der Waals surface area contributed by atoms with Crippen molar-refractivity contribution in [3.63, 3.8) is 0 Å². The number of aliphatic hydroxyl groups excluding tert-OH is 1. The van der Waals surface area contributed by atoms with E-state index in [9.17, 15) is 5.11 Å². The topological polar surface area (TPSA) is 49.7 Å². The van der Waals surface area contributed by atoms with E-state index in [1.807, 2.05) is 12.5 Å². The predicted molar refractivity (Wildman–Crippen MR) is 133 cm³/mol. The molecule has 0 aromatic carbocycles. The monoisotopic (exact) mass is 448 g/mol. The van der Waals surface area contributed by atoms with Crippen LogP contribution in [0.2, 0.25) is 0 Å². The molecule has 3 fully saturated rings. The highest BCUT2D eigenvalue weighted by Gasteiger charge is 2.58. The minimum absolute atomic E-state index is 0.156. The first-order valence-electron chi connectivity index (χ1n) is 13.8. The molecule has 186 valence electrons. The molecule has 0 spiro atoms. The molecule has 2 N–H and O–H groups in total. The van der Waals surface area contributed by atoms with E-state index in [1.54, 1.807) is 0 Å². The number of allylic oxidation sites excluding steroid dienone is 2. The molecule has 5 unspecified atom stereocenters. The third-order valence-electron chi connectivity index (χ3n) is 10.6. The summed E-state index contributed by atoms with van der Waals surface area (Å²) >= 11 is 0. The van der Waals surface area contributed by atoms with Crippen LogP contribution in [0.3, 0.4) is 0 Å². The zero-order chi connectivity index (χ0) is 23.6. The lowest BCUT2D eigenvalue weighted by Gasteiger charge is -2.58. The fourth-order valence-corrected chi connectivity index (χ4v) is 8.64. The molecule has 0 aliphatic heterocycles. The van der Waals surface area contributed by atoms with Crippen LogP contribution < -0.4 is 0 Å². The van der Waals surface area contributed by atoms with Gasteiger partial charge in [0.1, 0.15) is 6.79 Å². The van der Waals surface area contributed by atoms with Crippen molar-refractivity contribution in [2.24, 2.45) is 40.4 Å². The Morgan fingerprint density at radius 2 is 1.84 bits per heavy atom. The fraction of sp³-hybridized carbons (Fsp3) is 0.931. The Bertz CT molecular complexity index is 642. The molecular formula is C29H52O3. The number of fused-ring (bicyclic) bond motifs is 5. The first-order valence-corrected chi connectivity index (χ1v) is 13.8. The molecule has 3 heteroatoms. The van der Waals surface area contributed by atoms with Crippen molar-refractivity contribution in [1.82, 2.24) is 0 Å². The molecule has 4 aliphatic carbocycles. The van der Waals surface area contributed by atoms with E-state index < -0.39 is 0 Å². The maximum absolute atomic E-state index is 10.9. The Balaban J connectivity index is 0.000000523. The normalized spacial score (nSPS) is 43.8. The number of hydrogen-bond donors (Lipinski definition) is 2. The van der Waals surface area contributed by atoms with Gasteiger partial charge in [0.05, 0.1) is 5.60 Å². The van der Waals surface area contributed by atoms with Gasteiger partial charge in [-0.1, -0.05) is 59.1 Å². The summed E-state index contributed by atoms with van der Waals surface area (Å²) in [5.41, 5.74) is 2.38. The molecule has 0 heterocycles. The van der Waals surface area contributed by atoms with Gasteiger partial charge in [0.25, 0.3) is 0 Å². The van der Waals surface area contributed by atoms with Crippen molar-refractivity contribution in [1.29, 1.82) is 0 Å². The highest BCUT2D eigenvalue weighted by molar-refractivity contribution is 5.29. The highest BCUT2D eigenvalue weighted by Crippen LogP contribution is 2.67. The average Bonchev–Trinajstić information content (AvgIpc) is 3.13. The van der Waals surface area contributed by atoms with Gasteiger partial charge in [0.2, 0.25) is 0 Å². The Hall–Kier alpha value is -0.380. The Morgan fingerprint density at radius 1 is 1.09 bits per heavy atom. The molecule has 0 radical (unpaired) electrons. The maximum atomic E-state index is 10.9. The summed E-state index contributed by atoms with van der Waals surface area (Å²) in [4.78, 5) is 0. The van der Waals surface area contributed by atoms with Crippen molar-refractivity contribution in [2.45, 2.75) is 118 Å². The number of hydrogen-bond acceptors (Lipinski definition) is 3. The molecule has 3 saturated carbocycles. The van der Waals surface area contributed by atoms with Crippen LogP contribution in [0.25, 0.3) is 0 Å². The van der Waals surface area contributed by atoms with Crippen molar-refractivity contribution in [3.05, 3.63) is 11.6 Å². The summed E-state index contributed by atoms with van der Waals surface area (Å²) in [5, 5.41) is 18.8. The van der Waals surface area contributed by atoms with Gasteiger partial charge in [-0.25, -0.2) is 0 Å². The summed E-state index contributed by atoms with van der Waals surface area (Å²) in [6.07, 6.45) is 16.7. The molecule has 4 aliphatic rings. The molecule has 0 aromatic rings. The van der Waals surface area contributed by atoms with Crippen LogP contribution in [0, 0.1) is 40.4 Å². The lowest BCUT2D eigenvalue weighted by atomic mass is 9.47. The van der Waals surface area contributed by atoms with E-state index in [1.165, 1.54) is 51.4 Å². The summed E-state index contributed by atoms with van der Waals surface area (Å²) in [5.74, 6) is 4.30. The number of ether oxygens (including phenoxy) is 1. The summed E-state index contributed by atoms with van der Waals surface area (Å²) in [6.45, 7) is 14.6. The van der Waals surface area contributed by atoms with Gasteiger partial charge in [0.15, 0.2) is 0 Å². The summed E-state index contributed by atoms with van der Waals surface area (Å²) in [6, 6.07) is 0. The number of aliphatic hydroxyl groups is 2. The van der Waals surface area contributed by atoms with E-state index in [0.717, 1.165) is 42.9 Å². The van der Waals surface area contributed by atoms with Crippen LogP contribution in [0.15, 0.2) is 11.6 Å². The second kappa shape index (κ2) is 10.5. The van der Waals surface area contributed by atoms with Crippen LogP contribution in [0.1, 0.15) is 112 Å². The molecule has 32 heavy (non-hydrogen) atoms. The minimum atomic E-state index is -0.380. The van der Waals surface area contributed by atoms with Gasteiger partial charge in [-0.2, -0.15) is 0 Å². The minimum Gasteiger partial charge on any atom is -0.390 e.